The maximum absolute atomic E-state index is 5.98. The second-order valence-corrected chi connectivity index (χ2v) is 3.71. The molecule has 1 atom stereocenters. The maximum Gasteiger partial charge on any atom is 0.123 e. The smallest absolute Gasteiger partial charge is 0.123 e. The van der Waals surface area contributed by atoms with Gasteiger partial charge in [0.25, 0.3) is 0 Å². The molecule has 0 saturated heterocycles. The molecule has 72 valence electrons. The van der Waals surface area contributed by atoms with Crippen LogP contribution in [0.15, 0.2) is 24.3 Å². The monoisotopic (exact) mass is 197 g/mol. The minimum atomic E-state index is 0.0612. The summed E-state index contributed by atoms with van der Waals surface area (Å²) in [4.78, 5) is 0. The summed E-state index contributed by atoms with van der Waals surface area (Å²) in [6.07, 6.45) is 2.05. The van der Waals surface area contributed by atoms with Crippen molar-refractivity contribution in [3.05, 3.63) is 29.8 Å². The zero-order valence-corrected chi connectivity index (χ0v) is 8.80. The van der Waals surface area contributed by atoms with Gasteiger partial charge in [0.05, 0.1) is 7.11 Å². The molecule has 0 radical (unpaired) electrons. The molecule has 13 heavy (non-hydrogen) atoms. The quantitative estimate of drug-likeness (QED) is 0.802. The fourth-order valence-corrected chi connectivity index (χ4v) is 1.78. The summed E-state index contributed by atoms with van der Waals surface area (Å²) in [6, 6.07) is 7.95. The minimum absolute atomic E-state index is 0.0612. The van der Waals surface area contributed by atoms with E-state index in [2.05, 4.69) is 6.26 Å². The first-order valence-electron chi connectivity index (χ1n) is 4.17. The molecule has 1 aromatic rings. The van der Waals surface area contributed by atoms with Crippen molar-refractivity contribution in [2.75, 3.05) is 19.1 Å². The third-order valence-corrected chi connectivity index (χ3v) is 2.58. The highest BCUT2D eigenvalue weighted by atomic mass is 32.2. The Morgan fingerprint density at radius 3 is 2.77 bits per heavy atom. The first-order valence-corrected chi connectivity index (χ1v) is 5.56. The fraction of sp³-hybridized carbons (Fsp3) is 0.400. The maximum atomic E-state index is 5.98. The van der Waals surface area contributed by atoms with Crippen LogP contribution in [0.2, 0.25) is 0 Å². The van der Waals surface area contributed by atoms with E-state index in [4.69, 9.17) is 10.5 Å². The Hall–Kier alpha value is -0.670. The van der Waals surface area contributed by atoms with Crippen molar-refractivity contribution in [2.24, 2.45) is 5.73 Å². The van der Waals surface area contributed by atoms with Crippen LogP contribution in [0.4, 0.5) is 0 Å². The Bertz CT molecular complexity index is 265. The lowest BCUT2D eigenvalue weighted by molar-refractivity contribution is 0.407. The third kappa shape index (κ3) is 2.64. The Morgan fingerprint density at radius 1 is 1.46 bits per heavy atom. The molecule has 0 fully saturated rings. The average Bonchev–Trinajstić information content (AvgIpc) is 2.18. The number of rotatable bonds is 4. The van der Waals surface area contributed by atoms with Gasteiger partial charge in [-0.25, -0.2) is 0 Å². The molecule has 0 aliphatic rings. The second kappa shape index (κ2) is 5.14. The molecular weight excluding hydrogens is 182 g/mol. The third-order valence-electron chi connectivity index (χ3n) is 1.88. The Balaban J connectivity index is 2.85. The number of thioether (sulfide) groups is 1. The first kappa shape index (κ1) is 10.4. The molecule has 0 aliphatic carbocycles. The van der Waals surface area contributed by atoms with Crippen LogP contribution in [-0.4, -0.2) is 19.1 Å². The molecule has 0 aliphatic heterocycles. The lowest BCUT2D eigenvalue weighted by atomic mass is 10.1. The van der Waals surface area contributed by atoms with Gasteiger partial charge in [0.15, 0.2) is 0 Å². The molecule has 0 heterocycles. The van der Waals surface area contributed by atoms with Crippen molar-refractivity contribution in [1.82, 2.24) is 0 Å². The Labute approximate surface area is 83.5 Å². The predicted octanol–water partition coefficient (Wildman–Crippen LogP) is 2.06. The minimum Gasteiger partial charge on any atom is -0.496 e. The van der Waals surface area contributed by atoms with E-state index in [0.29, 0.717) is 0 Å². The Morgan fingerprint density at radius 2 is 2.15 bits per heavy atom. The molecule has 1 rings (SSSR count). The van der Waals surface area contributed by atoms with Gasteiger partial charge in [-0.2, -0.15) is 11.8 Å². The van der Waals surface area contributed by atoms with E-state index in [1.165, 1.54) is 0 Å². The SMILES string of the molecule is COc1ccccc1C(N)CSC. The van der Waals surface area contributed by atoms with Crippen molar-refractivity contribution < 1.29 is 4.74 Å². The van der Waals surface area contributed by atoms with Gasteiger partial charge in [-0.15, -0.1) is 0 Å². The number of para-hydroxylation sites is 1. The molecule has 0 aromatic heterocycles. The normalized spacial score (nSPS) is 12.5. The van der Waals surface area contributed by atoms with Crippen molar-refractivity contribution in [3.8, 4) is 5.75 Å². The van der Waals surface area contributed by atoms with Crippen LogP contribution in [0.3, 0.4) is 0 Å². The van der Waals surface area contributed by atoms with Gasteiger partial charge < -0.3 is 10.5 Å². The highest BCUT2D eigenvalue weighted by molar-refractivity contribution is 7.98. The van der Waals surface area contributed by atoms with Crippen molar-refractivity contribution in [1.29, 1.82) is 0 Å². The summed E-state index contributed by atoms with van der Waals surface area (Å²) in [5.74, 6) is 1.80. The van der Waals surface area contributed by atoms with Gasteiger partial charge in [0, 0.05) is 17.4 Å². The number of benzene rings is 1. The summed E-state index contributed by atoms with van der Waals surface area (Å²) in [5.41, 5.74) is 7.06. The van der Waals surface area contributed by atoms with Crippen molar-refractivity contribution in [3.63, 3.8) is 0 Å². The zero-order valence-electron chi connectivity index (χ0n) is 7.99. The topological polar surface area (TPSA) is 35.2 Å². The molecule has 1 unspecified atom stereocenters. The van der Waals surface area contributed by atoms with Crippen molar-refractivity contribution >= 4 is 11.8 Å². The molecule has 1 aromatic carbocycles. The van der Waals surface area contributed by atoms with Gasteiger partial charge >= 0.3 is 0 Å². The van der Waals surface area contributed by atoms with Crippen LogP contribution in [0.25, 0.3) is 0 Å². The van der Waals surface area contributed by atoms with Gasteiger partial charge in [0.2, 0.25) is 0 Å². The first-order chi connectivity index (χ1) is 6.29. The van der Waals surface area contributed by atoms with E-state index in [9.17, 15) is 0 Å². The highest BCUT2D eigenvalue weighted by Crippen LogP contribution is 2.24. The molecule has 2 N–H and O–H groups in total. The molecular formula is C10H15NOS. The molecule has 0 amide bonds. The van der Waals surface area contributed by atoms with Gasteiger partial charge in [-0.3, -0.25) is 0 Å². The predicted molar refractivity (Wildman–Crippen MR) is 58.3 cm³/mol. The summed E-state index contributed by atoms with van der Waals surface area (Å²) >= 11 is 1.74. The van der Waals surface area contributed by atoms with Crippen LogP contribution in [0.1, 0.15) is 11.6 Å². The Kier molecular flexibility index (Phi) is 4.12. The van der Waals surface area contributed by atoms with Crippen molar-refractivity contribution in [2.45, 2.75) is 6.04 Å². The van der Waals surface area contributed by atoms with Gasteiger partial charge in [-0.05, 0) is 12.3 Å². The fourth-order valence-electron chi connectivity index (χ4n) is 1.24. The summed E-state index contributed by atoms with van der Waals surface area (Å²) < 4.78 is 5.22. The van der Waals surface area contributed by atoms with E-state index >= 15 is 0 Å². The number of hydrogen-bond acceptors (Lipinski definition) is 3. The van der Waals surface area contributed by atoms with E-state index in [0.717, 1.165) is 17.1 Å². The van der Waals surface area contributed by atoms with Crippen LogP contribution in [0, 0.1) is 0 Å². The summed E-state index contributed by atoms with van der Waals surface area (Å²) in [5, 5.41) is 0. The molecule has 0 bridgehead atoms. The summed E-state index contributed by atoms with van der Waals surface area (Å²) in [7, 11) is 1.67. The van der Waals surface area contributed by atoms with Crippen LogP contribution >= 0.6 is 11.8 Å². The van der Waals surface area contributed by atoms with E-state index in [1.807, 2.05) is 24.3 Å². The molecule has 3 heteroatoms. The van der Waals surface area contributed by atoms with Gasteiger partial charge in [0.1, 0.15) is 5.75 Å². The lowest BCUT2D eigenvalue weighted by Gasteiger charge is -2.13. The second-order valence-electron chi connectivity index (χ2n) is 2.80. The van der Waals surface area contributed by atoms with E-state index < -0.39 is 0 Å². The number of hydrogen-bond donors (Lipinski definition) is 1. The van der Waals surface area contributed by atoms with E-state index in [1.54, 1.807) is 18.9 Å². The van der Waals surface area contributed by atoms with Crippen LogP contribution in [-0.2, 0) is 0 Å². The van der Waals surface area contributed by atoms with Crippen LogP contribution in [0.5, 0.6) is 5.75 Å². The zero-order chi connectivity index (χ0) is 9.68. The van der Waals surface area contributed by atoms with E-state index in [-0.39, 0.29) is 6.04 Å². The highest BCUT2D eigenvalue weighted by Gasteiger charge is 2.09. The summed E-state index contributed by atoms with van der Waals surface area (Å²) in [6.45, 7) is 0. The molecule has 2 nitrogen and oxygen atoms in total. The largest absolute Gasteiger partial charge is 0.496 e. The number of nitrogens with two attached hydrogens (primary N) is 1. The molecule has 0 saturated carbocycles. The van der Waals surface area contributed by atoms with Crippen LogP contribution < -0.4 is 10.5 Å². The number of ether oxygens (including phenoxy) is 1. The number of methoxy groups -OCH3 is 1. The standard InChI is InChI=1S/C10H15NOS/c1-12-10-6-4-3-5-8(10)9(11)7-13-2/h3-6,9H,7,11H2,1-2H3. The molecule has 0 spiro atoms. The van der Waals surface area contributed by atoms with Gasteiger partial charge in [-0.1, -0.05) is 18.2 Å². The lowest BCUT2D eigenvalue weighted by Crippen LogP contribution is -2.13. The average molecular weight is 197 g/mol.